The van der Waals surface area contributed by atoms with Gasteiger partial charge in [-0.1, -0.05) is 29.8 Å². The molecule has 0 saturated carbocycles. The minimum Gasteiger partial charge on any atom is -0.321 e. The zero-order valence-electron chi connectivity index (χ0n) is 18.7. The zero-order chi connectivity index (χ0) is 25.4. The molecule has 0 spiro atoms. The van der Waals surface area contributed by atoms with E-state index in [0.717, 1.165) is 35.3 Å². The molecule has 1 aliphatic rings. The Bertz CT molecular complexity index is 1480. The van der Waals surface area contributed by atoms with Crippen molar-refractivity contribution in [1.82, 2.24) is 4.57 Å². The lowest BCUT2D eigenvalue weighted by molar-refractivity contribution is -0.137. The molecule has 0 radical (unpaired) electrons. The van der Waals surface area contributed by atoms with E-state index in [1.54, 1.807) is 4.90 Å². The molecule has 5 nitrogen and oxygen atoms in total. The molecule has 2 amide bonds. The Morgan fingerprint density at radius 1 is 0.861 bits per heavy atom. The minimum atomic E-state index is -4.57. The summed E-state index contributed by atoms with van der Waals surface area (Å²) in [6, 6.07) is 20.1. The normalized spacial score (nSPS) is 12.9. The van der Waals surface area contributed by atoms with Crippen LogP contribution in [0, 0.1) is 0 Å². The van der Waals surface area contributed by atoms with Crippen LogP contribution >= 0.6 is 11.6 Å². The molecule has 1 N–H and O–H groups in total. The Balaban J connectivity index is 1.38. The number of alkyl halides is 3. The average Bonchev–Trinajstić information content (AvgIpc) is 3.27. The second-order valence-electron chi connectivity index (χ2n) is 8.29. The van der Waals surface area contributed by atoms with Gasteiger partial charge in [-0.15, -0.1) is 0 Å². The quantitative estimate of drug-likeness (QED) is 0.338. The van der Waals surface area contributed by atoms with Gasteiger partial charge in [-0.05, 0) is 60.7 Å². The standard InChI is InChI=1S/C27H19ClF3N3O2/c28-21-16-18(10-11-22(21)32-25(35)17-5-3-6-19(15-17)27(29,30)31)26(36)34-14-12-20-7-4-13-33(20)23-8-1-2-9-24(23)34/h1-11,13,15-16H,12,14H2,(H,32,35). The predicted molar refractivity (Wildman–Crippen MR) is 132 cm³/mol. The molecule has 0 fully saturated rings. The van der Waals surface area contributed by atoms with Crippen LogP contribution in [0.5, 0.6) is 0 Å². The van der Waals surface area contributed by atoms with Gasteiger partial charge in [0.15, 0.2) is 0 Å². The van der Waals surface area contributed by atoms with Crippen molar-refractivity contribution in [3.8, 4) is 5.69 Å². The van der Waals surface area contributed by atoms with E-state index in [2.05, 4.69) is 9.88 Å². The van der Waals surface area contributed by atoms with Crippen molar-refractivity contribution >= 4 is 34.8 Å². The summed E-state index contributed by atoms with van der Waals surface area (Å²) in [5.41, 5.74) is 2.15. The van der Waals surface area contributed by atoms with Gasteiger partial charge in [-0.3, -0.25) is 9.59 Å². The second kappa shape index (κ2) is 9.20. The van der Waals surface area contributed by atoms with Crippen LogP contribution in [0.15, 0.2) is 85.1 Å². The van der Waals surface area contributed by atoms with Gasteiger partial charge in [0.1, 0.15) is 0 Å². The van der Waals surface area contributed by atoms with Crippen molar-refractivity contribution in [3.05, 3.63) is 112 Å². The number of rotatable bonds is 3. The molecule has 5 rings (SSSR count). The Hall–Kier alpha value is -4.04. The smallest absolute Gasteiger partial charge is 0.321 e. The van der Waals surface area contributed by atoms with E-state index in [1.807, 2.05) is 42.6 Å². The molecule has 0 atom stereocenters. The van der Waals surface area contributed by atoms with Crippen LogP contribution in [0.2, 0.25) is 5.02 Å². The topological polar surface area (TPSA) is 54.3 Å². The number of aromatic nitrogens is 1. The third-order valence-corrected chi connectivity index (χ3v) is 6.33. The Morgan fingerprint density at radius 2 is 1.64 bits per heavy atom. The van der Waals surface area contributed by atoms with Gasteiger partial charge in [-0.25, -0.2) is 0 Å². The van der Waals surface area contributed by atoms with Gasteiger partial charge in [0.05, 0.1) is 27.6 Å². The van der Waals surface area contributed by atoms with Crippen LogP contribution in [0.4, 0.5) is 24.5 Å². The zero-order valence-corrected chi connectivity index (χ0v) is 19.5. The van der Waals surface area contributed by atoms with Gasteiger partial charge < -0.3 is 14.8 Å². The molecule has 2 heterocycles. The molecule has 0 aliphatic carbocycles. The predicted octanol–water partition coefficient (Wildman–Crippen LogP) is 6.60. The number of carbonyl (C=O) groups is 2. The number of fused-ring (bicyclic) bond motifs is 3. The maximum Gasteiger partial charge on any atom is 0.416 e. The molecule has 4 aromatic rings. The van der Waals surface area contributed by atoms with Crippen molar-refractivity contribution < 1.29 is 22.8 Å². The fraction of sp³-hybridized carbons (Fsp3) is 0.111. The first-order valence-electron chi connectivity index (χ1n) is 11.1. The number of nitrogens with zero attached hydrogens (tertiary/aromatic N) is 2. The number of benzene rings is 3. The third kappa shape index (κ3) is 4.47. The minimum absolute atomic E-state index is 0.0931. The summed E-state index contributed by atoms with van der Waals surface area (Å²) in [5.74, 6) is -1.00. The fourth-order valence-electron chi connectivity index (χ4n) is 4.25. The summed E-state index contributed by atoms with van der Waals surface area (Å²) in [6.07, 6.45) is -1.95. The molecule has 0 saturated heterocycles. The maximum atomic E-state index is 13.5. The molecule has 182 valence electrons. The Kier molecular flexibility index (Phi) is 6.05. The SMILES string of the molecule is O=C(Nc1ccc(C(=O)N2CCc3cccn3-c3ccccc32)cc1Cl)c1cccc(C(F)(F)F)c1. The molecular weight excluding hydrogens is 491 g/mol. The molecule has 3 aromatic carbocycles. The van der Waals surface area contributed by atoms with Gasteiger partial charge in [0.25, 0.3) is 11.8 Å². The average molecular weight is 510 g/mol. The number of hydrogen-bond acceptors (Lipinski definition) is 2. The number of para-hydroxylation sites is 2. The lowest BCUT2D eigenvalue weighted by atomic mass is 10.1. The monoisotopic (exact) mass is 509 g/mol. The highest BCUT2D eigenvalue weighted by molar-refractivity contribution is 6.34. The fourth-order valence-corrected chi connectivity index (χ4v) is 4.47. The van der Waals surface area contributed by atoms with Crippen LogP contribution < -0.4 is 10.2 Å². The van der Waals surface area contributed by atoms with Crippen LogP contribution in [0.1, 0.15) is 32.0 Å². The molecule has 0 unspecified atom stereocenters. The summed E-state index contributed by atoms with van der Waals surface area (Å²) < 4.78 is 41.0. The first-order valence-corrected chi connectivity index (χ1v) is 11.5. The highest BCUT2D eigenvalue weighted by Gasteiger charge is 2.31. The summed E-state index contributed by atoms with van der Waals surface area (Å²) in [4.78, 5) is 27.7. The first-order chi connectivity index (χ1) is 17.2. The van der Waals surface area contributed by atoms with Gasteiger partial charge in [-0.2, -0.15) is 13.2 Å². The highest BCUT2D eigenvalue weighted by Crippen LogP contribution is 2.33. The molecule has 0 bridgehead atoms. The van der Waals surface area contributed by atoms with E-state index in [1.165, 1.54) is 24.3 Å². The van der Waals surface area contributed by atoms with Gasteiger partial charge in [0.2, 0.25) is 0 Å². The van der Waals surface area contributed by atoms with Gasteiger partial charge in [0, 0.05) is 36.0 Å². The van der Waals surface area contributed by atoms with E-state index in [9.17, 15) is 22.8 Å². The van der Waals surface area contributed by atoms with Crippen LogP contribution in [0.25, 0.3) is 5.69 Å². The van der Waals surface area contributed by atoms with E-state index in [4.69, 9.17) is 11.6 Å². The maximum absolute atomic E-state index is 13.5. The van der Waals surface area contributed by atoms with E-state index in [0.29, 0.717) is 18.5 Å². The van der Waals surface area contributed by atoms with E-state index < -0.39 is 17.6 Å². The largest absolute Gasteiger partial charge is 0.416 e. The van der Waals surface area contributed by atoms with E-state index in [-0.39, 0.29) is 22.2 Å². The molecule has 1 aromatic heterocycles. The number of amides is 2. The Labute approximate surface area is 209 Å². The van der Waals surface area contributed by atoms with Gasteiger partial charge >= 0.3 is 6.18 Å². The van der Waals surface area contributed by atoms with Crippen LogP contribution in [0.3, 0.4) is 0 Å². The highest BCUT2D eigenvalue weighted by atomic mass is 35.5. The number of halogens is 4. The van der Waals surface area contributed by atoms with Crippen molar-refractivity contribution in [2.75, 3.05) is 16.8 Å². The van der Waals surface area contributed by atoms with Crippen molar-refractivity contribution in [3.63, 3.8) is 0 Å². The molecule has 1 aliphatic heterocycles. The van der Waals surface area contributed by atoms with Crippen molar-refractivity contribution in [2.45, 2.75) is 12.6 Å². The number of carbonyl (C=O) groups excluding carboxylic acids is 2. The van der Waals surface area contributed by atoms with Crippen molar-refractivity contribution in [2.24, 2.45) is 0 Å². The summed E-state index contributed by atoms with van der Waals surface area (Å²) in [6.45, 7) is 0.464. The summed E-state index contributed by atoms with van der Waals surface area (Å²) in [7, 11) is 0. The molecule has 36 heavy (non-hydrogen) atoms. The first kappa shape index (κ1) is 23.7. The number of anilines is 2. The summed E-state index contributed by atoms with van der Waals surface area (Å²) in [5, 5.41) is 2.61. The molecular formula is C27H19ClF3N3O2. The van der Waals surface area contributed by atoms with Crippen LogP contribution in [-0.2, 0) is 12.6 Å². The Morgan fingerprint density at radius 3 is 2.39 bits per heavy atom. The second-order valence-corrected chi connectivity index (χ2v) is 8.70. The number of nitrogens with one attached hydrogen (secondary N) is 1. The third-order valence-electron chi connectivity index (χ3n) is 6.02. The number of hydrogen-bond donors (Lipinski definition) is 1. The lowest BCUT2D eigenvalue weighted by Crippen LogP contribution is -2.32. The molecule has 9 heteroatoms. The summed E-state index contributed by atoms with van der Waals surface area (Å²) >= 11 is 6.37. The lowest BCUT2D eigenvalue weighted by Gasteiger charge is -2.23. The van der Waals surface area contributed by atoms with Crippen LogP contribution in [-0.4, -0.2) is 22.9 Å². The van der Waals surface area contributed by atoms with E-state index >= 15 is 0 Å². The van der Waals surface area contributed by atoms with Crippen molar-refractivity contribution in [1.29, 1.82) is 0 Å².